The highest BCUT2D eigenvalue weighted by Gasteiger charge is 2.04. The molecule has 1 heterocycles. The van der Waals surface area contributed by atoms with Gasteiger partial charge >= 0.3 is 0 Å². The predicted molar refractivity (Wildman–Crippen MR) is 62.4 cm³/mol. The monoisotopic (exact) mass is 205 g/mol. The van der Waals surface area contributed by atoms with Gasteiger partial charge < -0.3 is 5.32 Å². The Morgan fingerprint density at radius 1 is 1.60 bits per heavy atom. The second-order valence-electron chi connectivity index (χ2n) is 3.61. The van der Waals surface area contributed by atoms with Gasteiger partial charge in [-0.1, -0.05) is 6.92 Å². The lowest BCUT2D eigenvalue weighted by molar-refractivity contribution is 0.655. The van der Waals surface area contributed by atoms with Crippen LogP contribution in [0.2, 0.25) is 0 Å². The van der Waals surface area contributed by atoms with E-state index in [0.717, 1.165) is 32.4 Å². The van der Waals surface area contributed by atoms with Crippen LogP contribution in [0, 0.1) is 12.3 Å². The average Bonchev–Trinajstić information content (AvgIpc) is 2.59. The van der Waals surface area contributed by atoms with Gasteiger partial charge in [-0.2, -0.15) is 5.10 Å². The maximum atomic E-state index is 5.18. The van der Waals surface area contributed by atoms with Crippen LogP contribution in [0.15, 0.2) is 6.20 Å². The summed E-state index contributed by atoms with van der Waals surface area (Å²) >= 11 is 0. The van der Waals surface area contributed by atoms with Crippen molar-refractivity contribution in [2.75, 3.05) is 6.54 Å². The maximum Gasteiger partial charge on any atom is 0.0666 e. The van der Waals surface area contributed by atoms with Gasteiger partial charge in [0.05, 0.1) is 5.69 Å². The smallest absolute Gasteiger partial charge is 0.0666 e. The Morgan fingerprint density at radius 2 is 2.40 bits per heavy atom. The Hall–Kier alpha value is -1.27. The number of aromatic nitrogens is 2. The molecule has 0 aromatic carbocycles. The van der Waals surface area contributed by atoms with Crippen LogP contribution >= 0.6 is 0 Å². The first kappa shape index (κ1) is 11.8. The predicted octanol–water partition coefficient (Wildman–Crippen LogP) is 1.49. The van der Waals surface area contributed by atoms with Crippen molar-refractivity contribution in [3.8, 4) is 12.3 Å². The fraction of sp³-hybridized carbons (Fsp3) is 0.583. The highest BCUT2D eigenvalue weighted by Crippen LogP contribution is 2.06. The summed E-state index contributed by atoms with van der Waals surface area (Å²) in [5.41, 5.74) is 2.47. The number of hydrogen-bond donors (Lipinski definition) is 1. The zero-order chi connectivity index (χ0) is 11.1. The van der Waals surface area contributed by atoms with E-state index in [1.165, 1.54) is 11.3 Å². The summed E-state index contributed by atoms with van der Waals surface area (Å²) in [6.45, 7) is 3.99. The van der Waals surface area contributed by atoms with Gasteiger partial charge in [-0.25, -0.2) is 0 Å². The van der Waals surface area contributed by atoms with Gasteiger partial charge in [0.2, 0.25) is 0 Å². The van der Waals surface area contributed by atoms with Crippen molar-refractivity contribution in [1.82, 2.24) is 15.1 Å². The van der Waals surface area contributed by atoms with Gasteiger partial charge in [0.1, 0.15) is 0 Å². The van der Waals surface area contributed by atoms with Gasteiger partial charge in [0.15, 0.2) is 0 Å². The standard InChI is InChI=1S/C12H19N3/c1-4-6-7-8-13-9-11-10-15(3)14-12(11)5-2/h1,10,13H,5-9H2,2-3H3. The Labute approximate surface area is 91.9 Å². The molecule has 0 spiro atoms. The second-order valence-corrected chi connectivity index (χ2v) is 3.61. The molecule has 0 amide bonds. The molecule has 0 fully saturated rings. The molecule has 0 bridgehead atoms. The minimum atomic E-state index is 0.848. The molecule has 0 aliphatic heterocycles. The molecule has 1 N–H and O–H groups in total. The van der Waals surface area contributed by atoms with Crippen LogP contribution < -0.4 is 5.32 Å². The molecule has 0 radical (unpaired) electrons. The van der Waals surface area contributed by atoms with Crippen molar-refractivity contribution in [3.63, 3.8) is 0 Å². The van der Waals surface area contributed by atoms with Gasteiger partial charge in [-0.3, -0.25) is 4.68 Å². The van der Waals surface area contributed by atoms with Gasteiger partial charge in [-0.05, 0) is 19.4 Å². The SMILES string of the molecule is C#CCCCNCc1cn(C)nc1CC. The van der Waals surface area contributed by atoms with E-state index in [1.54, 1.807) is 0 Å². The molecule has 3 heteroatoms. The van der Waals surface area contributed by atoms with Gasteiger partial charge in [-0.15, -0.1) is 12.3 Å². The summed E-state index contributed by atoms with van der Waals surface area (Å²) in [4.78, 5) is 0. The van der Waals surface area contributed by atoms with E-state index in [1.807, 2.05) is 11.7 Å². The molecule has 3 nitrogen and oxygen atoms in total. The first-order valence-corrected chi connectivity index (χ1v) is 5.43. The van der Waals surface area contributed by atoms with Crippen LogP contribution in [-0.4, -0.2) is 16.3 Å². The van der Waals surface area contributed by atoms with Crippen molar-refractivity contribution in [3.05, 3.63) is 17.5 Å². The van der Waals surface area contributed by atoms with Crippen molar-refractivity contribution in [2.45, 2.75) is 32.7 Å². The van der Waals surface area contributed by atoms with Crippen LogP contribution in [-0.2, 0) is 20.0 Å². The average molecular weight is 205 g/mol. The number of aryl methyl sites for hydroxylation is 2. The minimum Gasteiger partial charge on any atom is -0.313 e. The summed E-state index contributed by atoms with van der Waals surface area (Å²) in [5, 5.41) is 7.76. The third-order valence-corrected chi connectivity index (χ3v) is 2.32. The highest BCUT2D eigenvalue weighted by atomic mass is 15.3. The van der Waals surface area contributed by atoms with Crippen LogP contribution in [0.3, 0.4) is 0 Å². The lowest BCUT2D eigenvalue weighted by atomic mass is 10.2. The molecule has 82 valence electrons. The van der Waals surface area contributed by atoms with Gasteiger partial charge in [0.25, 0.3) is 0 Å². The normalized spacial score (nSPS) is 10.2. The third-order valence-electron chi connectivity index (χ3n) is 2.32. The third kappa shape index (κ3) is 3.77. The maximum absolute atomic E-state index is 5.18. The fourth-order valence-corrected chi connectivity index (χ4v) is 1.57. The number of nitrogens with one attached hydrogen (secondary N) is 1. The van der Waals surface area contributed by atoms with E-state index in [2.05, 4.69) is 29.5 Å². The first-order chi connectivity index (χ1) is 7.27. The molecule has 0 saturated carbocycles. The summed E-state index contributed by atoms with van der Waals surface area (Å²) in [7, 11) is 1.96. The Kier molecular flexibility index (Phi) is 4.92. The molecule has 1 aromatic heterocycles. The number of unbranched alkanes of at least 4 members (excludes halogenated alkanes) is 1. The summed E-state index contributed by atoms with van der Waals surface area (Å²) < 4.78 is 1.87. The number of terminal acetylenes is 1. The molecule has 0 atom stereocenters. The summed E-state index contributed by atoms with van der Waals surface area (Å²) in [6.07, 6.45) is 10.1. The van der Waals surface area contributed by atoms with Crippen LogP contribution in [0.5, 0.6) is 0 Å². The number of nitrogens with zero attached hydrogens (tertiary/aromatic N) is 2. The number of hydrogen-bond acceptors (Lipinski definition) is 2. The Morgan fingerprint density at radius 3 is 3.07 bits per heavy atom. The Balaban J connectivity index is 2.33. The quantitative estimate of drug-likeness (QED) is 0.563. The lowest BCUT2D eigenvalue weighted by Crippen LogP contribution is -2.15. The van der Waals surface area contributed by atoms with Crippen LogP contribution in [0.25, 0.3) is 0 Å². The topological polar surface area (TPSA) is 29.9 Å². The summed E-state index contributed by atoms with van der Waals surface area (Å²) in [6, 6.07) is 0. The fourth-order valence-electron chi connectivity index (χ4n) is 1.57. The zero-order valence-electron chi connectivity index (χ0n) is 9.58. The van der Waals surface area contributed by atoms with Crippen LogP contribution in [0.1, 0.15) is 31.0 Å². The van der Waals surface area contributed by atoms with E-state index in [-0.39, 0.29) is 0 Å². The molecule has 1 aromatic rings. The van der Waals surface area contributed by atoms with Crippen molar-refractivity contribution in [2.24, 2.45) is 7.05 Å². The molecule has 0 aliphatic rings. The molecule has 15 heavy (non-hydrogen) atoms. The summed E-state index contributed by atoms with van der Waals surface area (Å²) in [5.74, 6) is 2.64. The molecular formula is C12H19N3. The molecule has 0 saturated heterocycles. The van der Waals surface area contributed by atoms with E-state index in [0.29, 0.717) is 0 Å². The largest absolute Gasteiger partial charge is 0.313 e. The lowest BCUT2D eigenvalue weighted by Gasteiger charge is -2.02. The van der Waals surface area contributed by atoms with Crippen molar-refractivity contribution >= 4 is 0 Å². The zero-order valence-corrected chi connectivity index (χ0v) is 9.58. The number of rotatable bonds is 6. The van der Waals surface area contributed by atoms with E-state index in [4.69, 9.17) is 6.42 Å². The van der Waals surface area contributed by atoms with Gasteiger partial charge in [0, 0.05) is 31.8 Å². The first-order valence-electron chi connectivity index (χ1n) is 5.43. The molecule has 1 rings (SSSR count). The van der Waals surface area contributed by atoms with Crippen molar-refractivity contribution in [1.29, 1.82) is 0 Å². The van der Waals surface area contributed by atoms with E-state index in [9.17, 15) is 0 Å². The second kappa shape index (κ2) is 6.26. The van der Waals surface area contributed by atoms with E-state index < -0.39 is 0 Å². The molecule has 0 aliphatic carbocycles. The highest BCUT2D eigenvalue weighted by molar-refractivity contribution is 5.16. The van der Waals surface area contributed by atoms with E-state index >= 15 is 0 Å². The van der Waals surface area contributed by atoms with Crippen LogP contribution in [0.4, 0.5) is 0 Å². The van der Waals surface area contributed by atoms with Crippen molar-refractivity contribution < 1.29 is 0 Å². The molecule has 0 unspecified atom stereocenters. The Bertz CT molecular complexity index is 333. The minimum absolute atomic E-state index is 0.848. The molecular weight excluding hydrogens is 186 g/mol.